The zero-order valence-electron chi connectivity index (χ0n) is 12.3. The Labute approximate surface area is 116 Å². The molecule has 1 amide bonds. The SMILES string of the molecule is CC(C)C(C)(C)CN1CNC(c2ccccc2)C1=O. The third kappa shape index (κ3) is 2.98. The molecule has 0 spiro atoms. The predicted octanol–water partition coefficient (Wildman–Crippen LogP) is 2.80. The van der Waals surface area contributed by atoms with Crippen molar-refractivity contribution in [3.8, 4) is 0 Å². The molecule has 1 saturated heterocycles. The van der Waals surface area contributed by atoms with Gasteiger partial charge in [0, 0.05) is 6.54 Å². The molecular weight excluding hydrogens is 236 g/mol. The van der Waals surface area contributed by atoms with E-state index in [1.165, 1.54) is 0 Å². The van der Waals surface area contributed by atoms with E-state index in [4.69, 9.17) is 0 Å². The van der Waals surface area contributed by atoms with Crippen LogP contribution in [-0.4, -0.2) is 24.0 Å². The average molecular weight is 260 g/mol. The maximum absolute atomic E-state index is 12.5. The van der Waals surface area contributed by atoms with E-state index in [1.54, 1.807) is 0 Å². The highest BCUT2D eigenvalue weighted by atomic mass is 16.2. The van der Waals surface area contributed by atoms with Gasteiger partial charge < -0.3 is 4.90 Å². The summed E-state index contributed by atoms with van der Waals surface area (Å²) in [7, 11) is 0. The summed E-state index contributed by atoms with van der Waals surface area (Å²) in [5.41, 5.74) is 1.19. The van der Waals surface area contributed by atoms with Crippen LogP contribution in [0.3, 0.4) is 0 Å². The largest absolute Gasteiger partial charge is 0.328 e. The van der Waals surface area contributed by atoms with Crippen LogP contribution in [0.25, 0.3) is 0 Å². The molecule has 1 aliphatic rings. The highest BCUT2D eigenvalue weighted by Gasteiger charge is 2.36. The summed E-state index contributed by atoms with van der Waals surface area (Å²) in [6.07, 6.45) is 0. The molecule has 104 valence electrons. The van der Waals surface area contributed by atoms with Gasteiger partial charge in [0.15, 0.2) is 0 Å². The monoisotopic (exact) mass is 260 g/mol. The smallest absolute Gasteiger partial charge is 0.245 e. The van der Waals surface area contributed by atoms with Gasteiger partial charge in [-0.3, -0.25) is 10.1 Å². The maximum Gasteiger partial charge on any atom is 0.245 e. The molecule has 1 aromatic rings. The topological polar surface area (TPSA) is 32.3 Å². The molecule has 1 heterocycles. The molecule has 1 atom stereocenters. The molecule has 1 aliphatic heterocycles. The lowest BCUT2D eigenvalue weighted by Crippen LogP contribution is -2.39. The van der Waals surface area contributed by atoms with Gasteiger partial charge in [-0.15, -0.1) is 0 Å². The highest BCUT2D eigenvalue weighted by molar-refractivity contribution is 5.85. The van der Waals surface area contributed by atoms with Gasteiger partial charge in [0.2, 0.25) is 5.91 Å². The van der Waals surface area contributed by atoms with Gasteiger partial charge >= 0.3 is 0 Å². The Kier molecular flexibility index (Phi) is 3.95. The second kappa shape index (κ2) is 5.33. The number of rotatable bonds is 4. The van der Waals surface area contributed by atoms with Crippen LogP contribution in [0.5, 0.6) is 0 Å². The van der Waals surface area contributed by atoms with E-state index < -0.39 is 0 Å². The summed E-state index contributed by atoms with van der Waals surface area (Å²) in [6, 6.07) is 9.77. The van der Waals surface area contributed by atoms with E-state index in [-0.39, 0.29) is 17.4 Å². The summed E-state index contributed by atoms with van der Waals surface area (Å²) in [6.45, 7) is 10.3. The van der Waals surface area contributed by atoms with Crippen LogP contribution in [0.2, 0.25) is 0 Å². The molecule has 1 aromatic carbocycles. The number of hydrogen-bond donors (Lipinski definition) is 1. The molecule has 3 heteroatoms. The number of nitrogens with zero attached hydrogens (tertiary/aromatic N) is 1. The predicted molar refractivity (Wildman–Crippen MR) is 77.5 cm³/mol. The van der Waals surface area contributed by atoms with Gasteiger partial charge in [-0.25, -0.2) is 0 Å². The minimum Gasteiger partial charge on any atom is -0.328 e. The van der Waals surface area contributed by atoms with Gasteiger partial charge in [0.05, 0.1) is 6.67 Å². The number of hydrogen-bond acceptors (Lipinski definition) is 2. The molecule has 0 radical (unpaired) electrons. The fraction of sp³-hybridized carbons (Fsp3) is 0.562. The fourth-order valence-corrected chi connectivity index (χ4v) is 2.26. The van der Waals surface area contributed by atoms with Crippen LogP contribution >= 0.6 is 0 Å². The first kappa shape index (κ1) is 14.1. The number of carbonyl (C=O) groups excluding carboxylic acids is 1. The van der Waals surface area contributed by atoms with Crippen molar-refractivity contribution in [1.29, 1.82) is 0 Å². The average Bonchev–Trinajstić information content (AvgIpc) is 2.71. The summed E-state index contributed by atoms with van der Waals surface area (Å²) in [5, 5.41) is 3.31. The molecular formula is C16H24N2O. The van der Waals surface area contributed by atoms with Crippen LogP contribution in [0.1, 0.15) is 39.3 Å². The van der Waals surface area contributed by atoms with Crippen LogP contribution in [0, 0.1) is 11.3 Å². The van der Waals surface area contributed by atoms with Gasteiger partial charge in [-0.1, -0.05) is 58.0 Å². The molecule has 0 aliphatic carbocycles. The van der Waals surface area contributed by atoms with Crippen molar-refractivity contribution in [3.63, 3.8) is 0 Å². The van der Waals surface area contributed by atoms with E-state index in [1.807, 2.05) is 35.2 Å². The summed E-state index contributed by atoms with van der Waals surface area (Å²) in [5.74, 6) is 0.746. The Morgan fingerprint density at radius 3 is 2.53 bits per heavy atom. The Morgan fingerprint density at radius 2 is 1.95 bits per heavy atom. The van der Waals surface area contributed by atoms with Crippen molar-refractivity contribution in [2.45, 2.75) is 33.7 Å². The Bertz CT molecular complexity index is 439. The highest BCUT2D eigenvalue weighted by Crippen LogP contribution is 2.30. The molecule has 0 aromatic heterocycles. The van der Waals surface area contributed by atoms with E-state index in [9.17, 15) is 4.79 Å². The number of carbonyl (C=O) groups is 1. The van der Waals surface area contributed by atoms with Crippen molar-refractivity contribution in [1.82, 2.24) is 10.2 Å². The molecule has 19 heavy (non-hydrogen) atoms. The summed E-state index contributed by atoms with van der Waals surface area (Å²) in [4.78, 5) is 14.4. The van der Waals surface area contributed by atoms with Gasteiger partial charge in [0.1, 0.15) is 6.04 Å². The molecule has 3 nitrogen and oxygen atoms in total. The standard InChI is InChI=1S/C16H24N2O/c1-12(2)16(3,4)10-18-11-17-14(15(18)19)13-8-6-5-7-9-13/h5-9,12,14,17H,10-11H2,1-4H3. The number of benzene rings is 1. The van der Waals surface area contributed by atoms with E-state index in [0.29, 0.717) is 12.6 Å². The molecule has 1 N–H and O–H groups in total. The Balaban J connectivity index is 2.07. The Hall–Kier alpha value is -1.35. The first-order valence-electron chi connectivity index (χ1n) is 6.99. The molecule has 0 saturated carbocycles. The van der Waals surface area contributed by atoms with Crippen LogP contribution in [0.15, 0.2) is 30.3 Å². The van der Waals surface area contributed by atoms with E-state index >= 15 is 0 Å². The van der Waals surface area contributed by atoms with Crippen molar-refractivity contribution in [3.05, 3.63) is 35.9 Å². The molecule has 1 fully saturated rings. The third-order valence-corrected chi connectivity index (χ3v) is 4.34. The van der Waals surface area contributed by atoms with E-state index in [2.05, 4.69) is 33.0 Å². The van der Waals surface area contributed by atoms with E-state index in [0.717, 1.165) is 12.1 Å². The van der Waals surface area contributed by atoms with Crippen LogP contribution < -0.4 is 5.32 Å². The third-order valence-electron chi connectivity index (χ3n) is 4.34. The zero-order valence-corrected chi connectivity index (χ0v) is 12.3. The number of nitrogens with one attached hydrogen (secondary N) is 1. The van der Waals surface area contributed by atoms with Gasteiger partial charge in [-0.05, 0) is 16.9 Å². The lowest BCUT2D eigenvalue weighted by atomic mass is 9.81. The first-order chi connectivity index (χ1) is 8.92. The van der Waals surface area contributed by atoms with Crippen molar-refractivity contribution in [2.24, 2.45) is 11.3 Å². The number of amides is 1. The summed E-state index contributed by atoms with van der Waals surface area (Å²) < 4.78 is 0. The molecule has 1 unspecified atom stereocenters. The second-order valence-corrected chi connectivity index (χ2v) is 6.39. The fourth-order valence-electron chi connectivity index (χ4n) is 2.26. The van der Waals surface area contributed by atoms with Crippen LogP contribution in [0.4, 0.5) is 0 Å². The lowest BCUT2D eigenvalue weighted by molar-refractivity contribution is -0.130. The molecule has 0 bridgehead atoms. The van der Waals surface area contributed by atoms with Crippen LogP contribution in [-0.2, 0) is 4.79 Å². The van der Waals surface area contributed by atoms with Gasteiger partial charge in [0.25, 0.3) is 0 Å². The van der Waals surface area contributed by atoms with Gasteiger partial charge in [-0.2, -0.15) is 0 Å². The second-order valence-electron chi connectivity index (χ2n) is 6.39. The van der Waals surface area contributed by atoms with Crippen molar-refractivity contribution < 1.29 is 4.79 Å². The molecule has 2 rings (SSSR count). The Morgan fingerprint density at radius 1 is 1.32 bits per heavy atom. The van der Waals surface area contributed by atoms with Crippen molar-refractivity contribution >= 4 is 5.91 Å². The quantitative estimate of drug-likeness (QED) is 0.903. The maximum atomic E-state index is 12.5. The minimum atomic E-state index is -0.177. The minimum absolute atomic E-state index is 0.142. The van der Waals surface area contributed by atoms with Crippen molar-refractivity contribution in [2.75, 3.05) is 13.2 Å². The lowest BCUT2D eigenvalue weighted by Gasteiger charge is -2.33. The zero-order chi connectivity index (χ0) is 14.0. The summed E-state index contributed by atoms with van der Waals surface area (Å²) >= 11 is 0. The first-order valence-corrected chi connectivity index (χ1v) is 6.99. The normalized spacial score (nSPS) is 20.4.